The highest BCUT2D eigenvalue weighted by molar-refractivity contribution is 5.32. The van der Waals surface area contributed by atoms with Gasteiger partial charge in [0.25, 0.3) is 0 Å². The van der Waals surface area contributed by atoms with Gasteiger partial charge in [-0.3, -0.25) is 0 Å². The van der Waals surface area contributed by atoms with E-state index in [2.05, 4.69) is 39.0 Å². The molecule has 0 aliphatic heterocycles. The maximum absolute atomic E-state index is 8.73. The molecule has 1 aromatic carbocycles. The molecule has 0 atom stereocenters. The second-order valence-corrected chi connectivity index (χ2v) is 4.87. The minimum atomic E-state index is 0.324. The van der Waals surface area contributed by atoms with Crippen LogP contribution in [0.15, 0.2) is 18.2 Å². The van der Waals surface area contributed by atoms with E-state index in [0.29, 0.717) is 12.5 Å². The molecule has 1 nitrogen and oxygen atoms in total. The molecule has 0 aliphatic carbocycles. The van der Waals surface area contributed by atoms with Crippen LogP contribution in [0.1, 0.15) is 55.7 Å². The first-order chi connectivity index (χ1) is 7.65. The zero-order chi connectivity index (χ0) is 12.0. The van der Waals surface area contributed by atoms with Gasteiger partial charge in [-0.25, -0.2) is 0 Å². The lowest BCUT2D eigenvalue weighted by molar-refractivity contribution is 0.283. The van der Waals surface area contributed by atoms with E-state index in [-0.39, 0.29) is 0 Å². The zero-order valence-corrected chi connectivity index (χ0v) is 10.8. The van der Waals surface area contributed by atoms with E-state index in [1.807, 2.05) is 0 Å². The van der Waals surface area contributed by atoms with Crippen LogP contribution in [0.2, 0.25) is 0 Å². The molecule has 0 bridgehead atoms. The fourth-order valence-corrected chi connectivity index (χ4v) is 1.92. The van der Waals surface area contributed by atoms with Crippen LogP contribution >= 0.6 is 0 Å². The molecule has 0 amide bonds. The third kappa shape index (κ3) is 3.97. The van der Waals surface area contributed by atoms with Gasteiger partial charge < -0.3 is 5.11 Å². The predicted molar refractivity (Wildman–Crippen MR) is 69.9 cm³/mol. The smallest absolute Gasteiger partial charge is 0.0431 e. The fraction of sp³-hybridized carbons (Fsp3) is 0.600. The Morgan fingerprint density at radius 2 is 1.88 bits per heavy atom. The summed E-state index contributed by atoms with van der Waals surface area (Å²) in [4.78, 5) is 0. The topological polar surface area (TPSA) is 20.2 Å². The second kappa shape index (κ2) is 6.70. The van der Waals surface area contributed by atoms with E-state index >= 15 is 0 Å². The van der Waals surface area contributed by atoms with Gasteiger partial charge in [0.2, 0.25) is 0 Å². The molecule has 0 fully saturated rings. The normalized spacial score (nSPS) is 11.1. The summed E-state index contributed by atoms with van der Waals surface area (Å²) in [7, 11) is 0. The van der Waals surface area contributed by atoms with Gasteiger partial charge in [-0.05, 0) is 48.8 Å². The largest absolute Gasteiger partial charge is 0.396 e. The first-order valence-electron chi connectivity index (χ1n) is 6.35. The Labute approximate surface area is 99.5 Å². The highest BCUT2D eigenvalue weighted by Crippen LogP contribution is 2.20. The van der Waals surface area contributed by atoms with Crippen molar-refractivity contribution in [3.63, 3.8) is 0 Å². The molecule has 0 radical (unpaired) electrons. The van der Waals surface area contributed by atoms with Crippen molar-refractivity contribution >= 4 is 0 Å². The van der Waals surface area contributed by atoms with Crippen LogP contribution in [-0.2, 0) is 6.42 Å². The Morgan fingerprint density at radius 3 is 2.50 bits per heavy atom. The monoisotopic (exact) mass is 220 g/mol. The molecule has 0 spiro atoms. The summed E-state index contributed by atoms with van der Waals surface area (Å²) >= 11 is 0. The summed E-state index contributed by atoms with van der Waals surface area (Å²) in [6.45, 7) is 6.98. The van der Waals surface area contributed by atoms with Crippen molar-refractivity contribution < 1.29 is 5.11 Å². The maximum Gasteiger partial charge on any atom is 0.0431 e. The first-order valence-corrected chi connectivity index (χ1v) is 6.35. The van der Waals surface area contributed by atoms with E-state index in [4.69, 9.17) is 5.11 Å². The van der Waals surface area contributed by atoms with Crippen LogP contribution in [0.4, 0.5) is 0 Å². The average Bonchev–Trinajstić information content (AvgIpc) is 2.26. The Hall–Kier alpha value is -0.820. The quantitative estimate of drug-likeness (QED) is 0.722. The number of rotatable bonds is 6. The number of benzene rings is 1. The molecule has 0 aromatic heterocycles. The average molecular weight is 220 g/mol. The number of aryl methyl sites for hydroxylation is 2. The highest BCUT2D eigenvalue weighted by Gasteiger charge is 2.03. The summed E-state index contributed by atoms with van der Waals surface area (Å²) < 4.78 is 0. The van der Waals surface area contributed by atoms with Gasteiger partial charge in [0.05, 0.1) is 0 Å². The van der Waals surface area contributed by atoms with Crippen LogP contribution in [-0.4, -0.2) is 11.7 Å². The highest BCUT2D eigenvalue weighted by atomic mass is 16.2. The van der Waals surface area contributed by atoms with Gasteiger partial charge in [-0.15, -0.1) is 0 Å². The lowest BCUT2D eigenvalue weighted by Crippen LogP contribution is -1.95. The van der Waals surface area contributed by atoms with Crippen LogP contribution in [0.5, 0.6) is 0 Å². The molecule has 0 saturated carbocycles. The molecule has 90 valence electrons. The standard InChI is InChI=1S/C15H24O/c1-12(2)14-9-8-13(3)15(11-14)7-5-4-6-10-16/h8-9,11-12,16H,4-7,10H2,1-3H3. The van der Waals surface area contributed by atoms with Crippen LogP contribution in [0.3, 0.4) is 0 Å². The summed E-state index contributed by atoms with van der Waals surface area (Å²) in [6, 6.07) is 6.81. The third-order valence-corrected chi connectivity index (χ3v) is 3.14. The van der Waals surface area contributed by atoms with Gasteiger partial charge in [-0.1, -0.05) is 38.5 Å². The molecule has 1 rings (SSSR count). The number of hydrogen-bond acceptors (Lipinski definition) is 1. The Bertz CT molecular complexity index is 315. The van der Waals surface area contributed by atoms with Crippen molar-refractivity contribution in [1.82, 2.24) is 0 Å². The van der Waals surface area contributed by atoms with Crippen molar-refractivity contribution in [2.45, 2.75) is 52.4 Å². The van der Waals surface area contributed by atoms with Crippen LogP contribution in [0, 0.1) is 6.92 Å². The minimum absolute atomic E-state index is 0.324. The summed E-state index contributed by atoms with van der Waals surface area (Å²) in [5.74, 6) is 0.608. The van der Waals surface area contributed by atoms with Crippen LogP contribution in [0.25, 0.3) is 0 Å². The first kappa shape index (κ1) is 13.2. The fourth-order valence-electron chi connectivity index (χ4n) is 1.92. The SMILES string of the molecule is Cc1ccc(C(C)C)cc1CCCCCO. The molecule has 0 aliphatic rings. The molecular formula is C15H24O. The van der Waals surface area contributed by atoms with Crippen molar-refractivity contribution in [1.29, 1.82) is 0 Å². The Kier molecular flexibility index (Phi) is 5.54. The van der Waals surface area contributed by atoms with Gasteiger partial charge in [0.15, 0.2) is 0 Å². The summed E-state index contributed by atoms with van der Waals surface area (Å²) in [6.07, 6.45) is 4.39. The summed E-state index contributed by atoms with van der Waals surface area (Å²) in [5.41, 5.74) is 4.31. The van der Waals surface area contributed by atoms with Gasteiger partial charge in [0.1, 0.15) is 0 Å². The molecule has 0 saturated heterocycles. The molecule has 16 heavy (non-hydrogen) atoms. The van der Waals surface area contributed by atoms with E-state index in [9.17, 15) is 0 Å². The lowest BCUT2D eigenvalue weighted by Gasteiger charge is -2.11. The number of unbranched alkanes of at least 4 members (excludes halogenated alkanes) is 2. The van der Waals surface area contributed by atoms with Crippen LogP contribution < -0.4 is 0 Å². The minimum Gasteiger partial charge on any atom is -0.396 e. The second-order valence-electron chi connectivity index (χ2n) is 4.87. The molecule has 1 aromatic rings. The number of aliphatic hydroxyl groups excluding tert-OH is 1. The van der Waals surface area contributed by atoms with Crippen molar-refractivity contribution in [2.24, 2.45) is 0 Å². The van der Waals surface area contributed by atoms with E-state index in [1.165, 1.54) is 23.1 Å². The third-order valence-electron chi connectivity index (χ3n) is 3.14. The van der Waals surface area contributed by atoms with E-state index in [0.717, 1.165) is 19.3 Å². The van der Waals surface area contributed by atoms with Gasteiger partial charge in [0, 0.05) is 6.61 Å². The number of hydrogen-bond donors (Lipinski definition) is 1. The lowest BCUT2D eigenvalue weighted by atomic mass is 9.95. The van der Waals surface area contributed by atoms with Crippen molar-refractivity contribution in [3.05, 3.63) is 34.9 Å². The molecule has 1 heteroatoms. The molecule has 0 heterocycles. The van der Waals surface area contributed by atoms with Crippen molar-refractivity contribution in [2.75, 3.05) is 6.61 Å². The molecular weight excluding hydrogens is 196 g/mol. The van der Waals surface area contributed by atoms with Gasteiger partial charge in [-0.2, -0.15) is 0 Å². The Balaban J connectivity index is 2.60. The summed E-state index contributed by atoms with van der Waals surface area (Å²) in [5, 5.41) is 8.73. The Morgan fingerprint density at radius 1 is 1.12 bits per heavy atom. The van der Waals surface area contributed by atoms with E-state index < -0.39 is 0 Å². The molecule has 0 unspecified atom stereocenters. The predicted octanol–water partition coefficient (Wildman–Crippen LogP) is 3.82. The maximum atomic E-state index is 8.73. The molecule has 1 N–H and O–H groups in total. The van der Waals surface area contributed by atoms with Gasteiger partial charge >= 0.3 is 0 Å². The van der Waals surface area contributed by atoms with Crippen molar-refractivity contribution in [3.8, 4) is 0 Å². The zero-order valence-electron chi connectivity index (χ0n) is 10.8. The number of aliphatic hydroxyl groups is 1. The van der Waals surface area contributed by atoms with E-state index in [1.54, 1.807) is 0 Å².